The molecule has 0 saturated heterocycles. The van der Waals surface area contributed by atoms with E-state index in [-0.39, 0.29) is 11.5 Å². The number of nitrogens with zero attached hydrogens (tertiary/aromatic N) is 1. The van der Waals surface area contributed by atoms with Crippen LogP contribution in [0.5, 0.6) is 0 Å². The number of fused-ring (bicyclic) bond motifs is 1. The number of H-pyrrole nitrogens is 1. The maximum Gasteiger partial charge on any atom is 0.259 e. The van der Waals surface area contributed by atoms with Crippen LogP contribution >= 0.6 is 11.3 Å². The molecule has 0 unspecified atom stereocenters. The molecular weight excluding hydrogens is 382 g/mol. The van der Waals surface area contributed by atoms with Crippen molar-refractivity contribution in [3.05, 3.63) is 81.9 Å². The van der Waals surface area contributed by atoms with Gasteiger partial charge in [-0.15, -0.1) is 11.3 Å². The van der Waals surface area contributed by atoms with Crippen LogP contribution in [0.3, 0.4) is 0 Å². The Kier molecular flexibility index (Phi) is 5.10. The fraction of sp³-hybridized carbons (Fsp3) is 0.0870. The van der Waals surface area contributed by atoms with Crippen LogP contribution < -0.4 is 10.9 Å². The molecule has 2 N–H and O–H groups in total. The number of aromatic nitrogens is 2. The molecule has 144 valence electrons. The maximum atomic E-state index is 12.5. The van der Waals surface area contributed by atoms with E-state index < -0.39 is 0 Å². The van der Waals surface area contributed by atoms with Gasteiger partial charge in [-0.1, -0.05) is 48.0 Å². The average molecular weight is 401 g/mol. The summed E-state index contributed by atoms with van der Waals surface area (Å²) in [7, 11) is 0. The molecule has 2 aromatic carbocycles. The smallest absolute Gasteiger partial charge is 0.259 e. The van der Waals surface area contributed by atoms with Crippen LogP contribution in [0.4, 0.5) is 5.69 Å². The van der Waals surface area contributed by atoms with Gasteiger partial charge in [-0.25, -0.2) is 4.98 Å². The minimum atomic E-state index is -0.148. The van der Waals surface area contributed by atoms with Gasteiger partial charge in [0, 0.05) is 17.5 Å². The van der Waals surface area contributed by atoms with Gasteiger partial charge in [0.25, 0.3) is 5.56 Å². The van der Waals surface area contributed by atoms with Crippen molar-refractivity contribution in [2.75, 3.05) is 5.32 Å². The van der Waals surface area contributed by atoms with E-state index in [0.29, 0.717) is 16.0 Å². The van der Waals surface area contributed by atoms with E-state index >= 15 is 0 Å². The Hall–Kier alpha value is -3.51. The Bertz CT molecular complexity index is 1270. The molecule has 4 rings (SSSR count). The van der Waals surface area contributed by atoms with Gasteiger partial charge < -0.3 is 10.3 Å². The van der Waals surface area contributed by atoms with E-state index in [1.165, 1.54) is 23.8 Å². The Labute approximate surface area is 171 Å². The van der Waals surface area contributed by atoms with Gasteiger partial charge in [-0.2, -0.15) is 0 Å². The molecule has 0 saturated carbocycles. The Morgan fingerprint density at radius 3 is 2.48 bits per heavy atom. The summed E-state index contributed by atoms with van der Waals surface area (Å²) < 4.78 is 0. The second kappa shape index (κ2) is 7.85. The summed E-state index contributed by atoms with van der Waals surface area (Å²) in [6, 6.07) is 17.6. The van der Waals surface area contributed by atoms with Gasteiger partial charge in [0.15, 0.2) is 0 Å². The highest BCUT2D eigenvalue weighted by Gasteiger charge is 2.09. The van der Waals surface area contributed by atoms with Crippen molar-refractivity contribution in [1.82, 2.24) is 9.97 Å². The standard InChI is InChI=1S/C23H19N3O2S/c1-14-3-8-17(9-4-14)20-13-19-22(28)25-21(26-23(19)29-20)12-7-16-5-10-18(11-6-16)24-15(2)27/h3-13H,1-2H3,(H,24,27)(H,25,26,28)/b12-7+. The lowest BCUT2D eigenvalue weighted by Crippen LogP contribution is -2.07. The number of anilines is 1. The van der Waals surface area contributed by atoms with E-state index in [1.807, 2.05) is 43.3 Å². The van der Waals surface area contributed by atoms with Crippen LogP contribution in [0.2, 0.25) is 0 Å². The molecule has 29 heavy (non-hydrogen) atoms. The number of benzene rings is 2. The molecule has 4 aromatic rings. The van der Waals surface area contributed by atoms with Crippen LogP contribution in [-0.2, 0) is 4.79 Å². The van der Waals surface area contributed by atoms with Crippen molar-refractivity contribution in [2.24, 2.45) is 0 Å². The lowest BCUT2D eigenvalue weighted by molar-refractivity contribution is -0.114. The van der Waals surface area contributed by atoms with Gasteiger partial charge in [0.05, 0.1) is 5.39 Å². The van der Waals surface area contributed by atoms with Gasteiger partial charge in [-0.3, -0.25) is 9.59 Å². The van der Waals surface area contributed by atoms with E-state index in [2.05, 4.69) is 39.6 Å². The predicted octanol–water partition coefficient (Wildman–Crippen LogP) is 5.09. The summed E-state index contributed by atoms with van der Waals surface area (Å²) in [4.78, 5) is 32.7. The first-order valence-electron chi connectivity index (χ1n) is 9.14. The molecule has 0 radical (unpaired) electrons. The van der Waals surface area contributed by atoms with Crippen molar-refractivity contribution < 1.29 is 4.79 Å². The first-order valence-corrected chi connectivity index (χ1v) is 9.96. The van der Waals surface area contributed by atoms with Gasteiger partial charge in [0.2, 0.25) is 5.91 Å². The quantitative estimate of drug-likeness (QED) is 0.500. The second-order valence-corrected chi connectivity index (χ2v) is 7.81. The van der Waals surface area contributed by atoms with Crippen molar-refractivity contribution in [1.29, 1.82) is 0 Å². The topological polar surface area (TPSA) is 74.8 Å². The van der Waals surface area contributed by atoms with Crippen molar-refractivity contribution in [3.63, 3.8) is 0 Å². The molecule has 2 aromatic heterocycles. The van der Waals surface area contributed by atoms with E-state index in [0.717, 1.165) is 21.7 Å². The third-order valence-corrected chi connectivity index (χ3v) is 5.50. The number of amides is 1. The average Bonchev–Trinajstić information content (AvgIpc) is 3.12. The van der Waals surface area contributed by atoms with Crippen LogP contribution in [0.25, 0.3) is 32.8 Å². The first kappa shape index (κ1) is 18.8. The fourth-order valence-electron chi connectivity index (χ4n) is 2.94. The Morgan fingerprint density at radius 1 is 1.07 bits per heavy atom. The normalized spacial score (nSPS) is 11.2. The molecule has 6 heteroatoms. The molecule has 0 aliphatic rings. The molecule has 1 amide bonds. The van der Waals surface area contributed by atoms with Gasteiger partial charge in [-0.05, 0) is 42.3 Å². The maximum absolute atomic E-state index is 12.5. The summed E-state index contributed by atoms with van der Waals surface area (Å²) in [6.07, 6.45) is 3.65. The fourth-order valence-corrected chi connectivity index (χ4v) is 3.99. The highest BCUT2D eigenvalue weighted by Crippen LogP contribution is 2.31. The van der Waals surface area contributed by atoms with Crippen molar-refractivity contribution in [2.45, 2.75) is 13.8 Å². The molecule has 0 atom stereocenters. The van der Waals surface area contributed by atoms with E-state index in [9.17, 15) is 9.59 Å². The number of carbonyl (C=O) groups excluding carboxylic acids is 1. The number of hydrogen-bond donors (Lipinski definition) is 2. The zero-order chi connectivity index (χ0) is 20.4. The summed E-state index contributed by atoms with van der Waals surface area (Å²) in [5, 5.41) is 3.33. The monoisotopic (exact) mass is 401 g/mol. The summed E-state index contributed by atoms with van der Waals surface area (Å²) in [6.45, 7) is 3.52. The third-order valence-electron chi connectivity index (χ3n) is 4.42. The highest BCUT2D eigenvalue weighted by molar-refractivity contribution is 7.21. The van der Waals surface area contributed by atoms with Crippen LogP contribution in [0.15, 0.2) is 59.4 Å². The largest absolute Gasteiger partial charge is 0.326 e. The highest BCUT2D eigenvalue weighted by atomic mass is 32.1. The number of aryl methyl sites for hydroxylation is 1. The molecule has 0 aliphatic heterocycles. The molecular formula is C23H19N3O2S. The molecule has 2 heterocycles. The zero-order valence-corrected chi connectivity index (χ0v) is 16.8. The summed E-state index contributed by atoms with van der Waals surface area (Å²) in [5.74, 6) is 0.398. The molecule has 0 fully saturated rings. The SMILES string of the molecule is CC(=O)Nc1ccc(/C=C/c2nc3sc(-c4ccc(C)cc4)cc3c(=O)[nH]2)cc1. The second-order valence-electron chi connectivity index (χ2n) is 6.78. The van der Waals surface area contributed by atoms with Crippen LogP contribution in [0, 0.1) is 6.92 Å². The van der Waals surface area contributed by atoms with Crippen LogP contribution in [-0.4, -0.2) is 15.9 Å². The molecule has 0 aliphatic carbocycles. The summed E-state index contributed by atoms with van der Waals surface area (Å²) in [5.41, 5.74) is 3.81. The predicted molar refractivity (Wildman–Crippen MR) is 120 cm³/mol. The lowest BCUT2D eigenvalue weighted by Gasteiger charge is -2.01. The third kappa shape index (κ3) is 4.33. The minimum Gasteiger partial charge on any atom is -0.326 e. The van der Waals surface area contributed by atoms with Crippen molar-refractivity contribution >= 4 is 45.3 Å². The van der Waals surface area contributed by atoms with Gasteiger partial charge in [0.1, 0.15) is 10.7 Å². The molecule has 0 spiro atoms. The number of thiophene rings is 1. The number of aromatic amines is 1. The Balaban J connectivity index is 1.61. The zero-order valence-electron chi connectivity index (χ0n) is 16.0. The lowest BCUT2D eigenvalue weighted by atomic mass is 10.1. The van der Waals surface area contributed by atoms with E-state index in [1.54, 1.807) is 6.08 Å². The minimum absolute atomic E-state index is 0.107. The number of nitrogens with one attached hydrogen (secondary N) is 2. The summed E-state index contributed by atoms with van der Waals surface area (Å²) >= 11 is 1.51. The van der Waals surface area contributed by atoms with Gasteiger partial charge >= 0.3 is 0 Å². The Morgan fingerprint density at radius 2 is 1.79 bits per heavy atom. The van der Waals surface area contributed by atoms with Crippen LogP contribution in [0.1, 0.15) is 23.9 Å². The number of carbonyl (C=O) groups is 1. The molecule has 0 bridgehead atoms. The van der Waals surface area contributed by atoms with Crippen molar-refractivity contribution in [3.8, 4) is 10.4 Å². The van der Waals surface area contributed by atoms with E-state index in [4.69, 9.17) is 0 Å². The molecule has 5 nitrogen and oxygen atoms in total. The first-order chi connectivity index (χ1) is 14.0. The number of hydrogen-bond acceptors (Lipinski definition) is 4. The number of rotatable bonds is 4.